The number of ether oxygens (including phenoxy) is 1. The maximum atomic E-state index is 12.7. The minimum Gasteiger partial charge on any atom is -0.494 e. The van der Waals surface area contributed by atoms with Crippen molar-refractivity contribution < 1.29 is 9.53 Å². The van der Waals surface area contributed by atoms with Crippen LogP contribution in [0.3, 0.4) is 0 Å². The Morgan fingerprint density at radius 3 is 2.10 bits per heavy atom. The van der Waals surface area contributed by atoms with Gasteiger partial charge in [-0.15, -0.1) is 0 Å². The van der Waals surface area contributed by atoms with Crippen molar-refractivity contribution in [2.45, 2.75) is 77.6 Å². The zero-order chi connectivity index (χ0) is 20.5. The van der Waals surface area contributed by atoms with Gasteiger partial charge < -0.3 is 4.74 Å². The molecule has 2 aromatic rings. The zero-order valence-electron chi connectivity index (χ0n) is 18.2. The third-order valence-corrected chi connectivity index (χ3v) is 6.23. The van der Waals surface area contributed by atoms with Crippen molar-refractivity contribution in [3.8, 4) is 16.9 Å². The summed E-state index contributed by atoms with van der Waals surface area (Å²) >= 11 is 0. The Hall–Kier alpha value is -2.09. The summed E-state index contributed by atoms with van der Waals surface area (Å²) in [6.07, 6.45) is 10.2. The average molecular weight is 393 g/mol. The van der Waals surface area contributed by atoms with E-state index in [0.717, 1.165) is 31.6 Å². The summed E-state index contributed by atoms with van der Waals surface area (Å²) in [5.74, 6) is 2.09. The van der Waals surface area contributed by atoms with E-state index >= 15 is 0 Å². The van der Waals surface area contributed by atoms with Crippen LogP contribution in [0, 0.1) is 5.92 Å². The standard InChI is InChI=1S/C27H36O2/c1-3-5-7-19-29-25-16-14-23(15-17-25)22-10-12-24(13-11-22)26-18-9-21(8-6-4-2)20-27(26)28/h10-17,21,26H,3-9,18-20H2,1-2H3/t21-,26+/m0/s1. The summed E-state index contributed by atoms with van der Waals surface area (Å²) in [6, 6.07) is 17.0. The number of Topliss-reactive ketones (excluding diaryl/α,β-unsaturated/α-hetero) is 1. The van der Waals surface area contributed by atoms with E-state index in [0.29, 0.717) is 11.7 Å². The molecule has 2 aromatic carbocycles. The molecule has 2 heteroatoms. The predicted molar refractivity (Wildman–Crippen MR) is 122 cm³/mol. The van der Waals surface area contributed by atoms with Crippen LogP contribution in [-0.2, 0) is 4.79 Å². The Bertz CT molecular complexity index is 745. The average Bonchev–Trinajstić information content (AvgIpc) is 2.76. The molecule has 0 spiro atoms. The Morgan fingerprint density at radius 2 is 1.48 bits per heavy atom. The van der Waals surface area contributed by atoms with Gasteiger partial charge in [0, 0.05) is 12.3 Å². The van der Waals surface area contributed by atoms with Crippen LogP contribution in [0.5, 0.6) is 5.75 Å². The summed E-state index contributed by atoms with van der Waals surface area (Å²) in [7, 11) is 0. The first-order chi connectivity index (χ1) is 14.2. The molecule has 0 saturated heterocycles. The van der Waals surface area contributed by atoms with Gasteiger partial charge in [-0.25, -0.2) is 0 Å². The number of benzene rings is 2. The molecular formula is C27H36O2. The van der Waals surface area contributed by atoms with E-state index in [1.807, 2.05) is 0 Å². The van der Waals surface area contributed by atoms with Crippen molar-refractivity contribution in [3.63, 3.8) is 0 Å². The molecular weight excluding hydrogens is 356 g/mol. The molecule has 3 rings (SSSR count). The van der Waals surface area contributed by atoms with Crippen LogP contribution >= 0.6 is 0 Å². The van der Waals surface area contributed by atoms with Crippen molar-refractivity contribution in [2.75, 3.05) is 6.61 Å². The molecule has 0 radical (unpaired) electrons. The first-order valence-corrected chi connectivity index (χ1v) is 11.6. The number of ketones is 1. The molecule has 1 aliphatic carbocycles. The molecule has 0 aromatic heterocycles. The minimum absolute atomic E-state index is 0.0980. The predicted octanol–water partition coefficient (Wildman–Crippen LogP) is 7.57. The molecule has 2 nitrogen and oxygen atoms in total. The number of hydrogen-bond acceptors (Lipinski definition) is 2. The van der Waals surface area contributed by atoms with Gasteiger partial charge in [0.05, 0.1) is 6.61 Å². The van der Waals surface area contributed by atoms with E-state index in [1.54, 1.807) is 0 Å². The van der Waals surface area contributed by atoms with Gasteiger partial charge in [-0.1, -0.05) is 82.3 Å². The monoisotopic (exact) mass is 392 g/mol. The highest BCUT2D eigenvalue weighted by atomic mass is 16.5. The third kappa shape index (κ3) is 6.19. The minimum atomic E-state index is 0.0980. The lowest BCUT2D eigenvalue weighted by molar-refractivity contribution is -0.123. The molecule has 0 unspecified atom stereocenters. The summed E-state index contributed by atoms with van der Waals surface area (Å²) in [4.78, 5) is 12.7. The highest BCUT2D eigenvalue weighted by molar-refractivity contribution is 5.86. The highest BCUT2D eigenvalue weighted by Gasteiger charge is 2.29. The van der Waals surface area contributed by atoms with E-state index in [2.05, 4.69) is 62.4 Å². The van der Waals surface area contributed by atoms with Gasteiger partial charge in [-0.05, 0) is 54.0 Å². The Kier molecular flexibility index (Phi) is 8.34. The topological polar surface area (TPSA) is 26.3 Å². The smallest absolute Gasteiger partial charge is 0.140 e. The van der Waals surface area contributed by atoms with Crippen molar-refractivity contribution in [2.24, 2.45) is 5.92 Å². The maximum Gasteiger partial charge on any atom is 0.140 e. The summed E-state index contributed by atoms with van der Waals surface area (Å²) in [5, 5.41) is 0. The molecule has 1 fully saturated rings. The fraction of sp³-hybridized carbons (Fsp3) is 0.519. The van der Waals surface area contributed by atoms with Gasteiger partial charge in [0.15, 0.2) is 0 Å². The maximum absolute atomic E-state index is 12.7. The zero-order valence-corrected chi connectivity index (χ0v) is 18.2. The molecule has 0 N–H and O–H groups in total. The SMILES string of the molecule is CCCCCOc1ccc(-c2ccc([C@H]3CC[C@H](CCCC)CC3=O)cc2)cc1. The van der Waals surface area contributed by atoms with E-state index in [9.17, 15) is 4.79 Å². The third-order valence-electron chi connectivity index (χ3n) is 6.23. The fourth-order valence-electron chi connectivity index (χ4n) is 4.38. The lowest BCUT2D eigenvalue weighted by atomic mass is 9.76. The number of hydrogen-bond donors (Lipinski definition) is 0. The van der Waals surface area contributed by atoms with E-state index in [-0.39, 0.29) is 5.92 Å². The van der Waals surface area contributed by atoms with Gasteiger partial charge in [0.25, 0.3) is 0 Å². The Balaban J connectivity index is 1.57. The number of carbonyl (C=O) groups excluding carboxylic acids is 1. The molecule has 1 saturated carbocycles. The quantitative estimate of drug-likeness (QED) is 0.390. The lowest BCUT2D eigenvalue weighted by Crippen LogP contribution is -2.23. The van der Waals surface area contributed by atoms with Crippen LogP contribution in [0.1, 0.15) is 83.1 Å². The number of carbonyl (C=O) groups is 1. The van der Waals surface area contributed by atoms with Crippen molar-refractivity contribution in [1.82, 2.24) is 0 Å². The second kappa shape index (κ2) is 11.2. The van der Waals surface area contributed by atoms with Gasteiger partial charge >= 0.3 is 0 Å². The van der Waals surface area contributed by atoms with Crippen LogP contribution in [-0.4, -0.2) is 12.4 Å². The van der Waals surface area contributed by atoms with Gasteiger partial charge in [0.2, 0.25) is 0 Å². The molecule has 0 heterocycles. The largest absolute Gasteiger partial charge is 0.494 e. The van der Waals surface area contributed by atoms with Crippen molar-refractivity contribution >= 4 is 5.78 Å². The molecule has 0 aliphatic heterocycles. The molecule has 156 valence electrons. The molecule has 0 amide bonds. The van der Waals surface area contributed by atoms with E-state index in [1.165, 1.54) is 55.2 Å². The fourth-order valence-corrected chi connectivity index (χ4v) is 4.38. The molecule has 2 atom stereocenters. The molecule has 29 heavy (non-hydrogen) atoms. The first kappa shape index (κ1) is 21.6. The summed E-state index contributed by atoms with van der Waals surface area (Å²) in [6.45, 7) is 5.22. The summed E-state index contributed by atoms with van der Waals surface area (Å²) in [5.41, 5.74) is 3.56. The van der Waals surface area contributed by atoms with Gasteiger partial charge in [-0.3, -0.25) is 4.79 Å². The normalized spacial score (nSPS) is 19.3. The molecule has 0 bridgehead atoms. The van der Waals surface area contributed by atoms with Crippen LogP contribution in [0.2, 0.25) is 0 Å². The van der Waals surface area contributed by atoms with E-state index in [4.69, 9.17) is 4.74 Å². The lowest BCUT2D eigenvalue weighted by Gasteiger charge is -2.27. The highest BCUT2D eigenvalue weighted by Crippen LogP contribution is 2.36. The van der Waals surface area contributed by atoms with Gasteiger partial charge in [-0.2, -0.15) is 0 Å². The van der Waals surface area contributed by atoms with E-state index < -0.39 is 0 Å². The van der Waals surface area contributed by atoms with Crippen LogP contribution in [0.4, 0.5) is 0 Å². The van der Waals surface area contributed by atoms with Crippen molar-refractivity contribution in [1.29, 1.82) is 0 Å². The van der Waals surface area contributed by atoms with Gasteiger partial charge in [0.1, 0.15) is 11.5 Å². The van der Waals surface area contributed by atoms with Crippen molar-refractivity contribution in [3.05, 3.63) is 54.1 Å². The van der Waals surface area contributed by atoms with Crippen LogP contribution < -0.4 is 4.74 Å². The second-order valence-corrected chi connectivity index (χ2v) is 8.51. The second-order valence-electron chi connectivity index (χ2n) is 8.51. The summed E-state index contributed by atoms with van der Waals surface area (Å²) < 4.78 is 5.80. The number of unbranched alkanes of at least 4 members (excludes halogenated alkanes) is 3. The number of rotatable bonds is 10. The first-order valence-electron chi connectivity index (χ1n) is 11.6. The van der Waals surface area contributed by atoms with Crippen LogP contribution in [0.15, 0.2) is 48.5 Å². The molecule has 1 aliphatic rings. The van der Waals surface area contributed by atoms with Crippen LogP contribution in [0.25, 0.3) is 11.1 Å². The Labute approximate surface area is 176 Å². The Morgan fingerprint density at radius 1 is 0.828 bits per heavy atom.